The van der Waals surface area contributed by atoms with Crippen LogP contribution in [0, 0.1) is 15.9 Å². The van der Waals surface area contributed by atoms with E-state index in [1.54, 1.807) is 0 Å². The maximum Gasteiger partial charge on any atom is 0.270 e. The second-order valence-corrected chi connectivity index (χ2v) is 4.46. The number of halogens is 1. The van der Waals surface area contributed by atoms with Gasteiger partial charge in [0.05, 0.1) is 11.5 Å². The van der Waals surface area contributed by atoms with Crippen LogP contribution >= 0.6 is 0 Å². The molecule has 1 heterocycles. The topological polar surface area (TPSA) is 64.4 Å². The molecular weight excluding hydrogens is 263 g/mol. The van der Waals surface area contributed by atoms with Gasteiger partial charge in [-0.3, -0.25) is 10.1 Å². The van der Waals surface area contributed by atoms with Crippen molar-refractivity contribution < 1.29 is 14.1 Å². The molecule has 0 amide bonds. The number of nitro groups is 1. The number of nitro benzene ring substituents is 1. The van der Waals surface area contributed by atoms with Gasteiger partial charge < -0.3 is 10.1 Å². The molecule has 0 aromatic heterocycles. The van der Waals surface area contributed by atoms with Crippen LogP contribution in [-0.4, -0.2) is 4.92 Å². The fourth-order valence-electron chi connectivity index (χ4n) is 2.16. The van der Waals surface area contributed by atoms with Gasteiger partial charge >= 0.3 is 0 Å². The number of para-hydroxylation sites is 1. The SMILES string of the molecule is O=[N+]([O-])c1ccc(F)c(C2Nc3ccccc3CO2)c1. The van der Waals surface area contributed by atoms with Gasteiger partial charge in [-0.2, -0.15) is 0 Å². The molecule has 0 saturated heterocycles. The average molecular weight is 274 g/mol. The minimum absolute atomic E-state index is 0.133. The van der Waals surface area contributed by atoms with Crippen LogP contribution in [0.5, 0.6) is 0 Å². The number of fused-ring (bicyclic) bond motifs is 1. The lowest BCUT2D eigenvalue weighted by Crippen LogP contribution is -2.21. The van der Waals surface area contributed by atoms with Gasteiger partial charge in [0.25, 0.3) is 5.69 Å². The predicted molar refractivity (Wildman–Crippen MR) is 70.6 cm³/mol. The maximum absolute atomic E-state index is 13.9. The summed E-state index contributed by atoms with van der Waals surface area (Å²) in [4.78, 5) is 10.2. The first kappa shape index (κ1) is 12.6. The summed E-state index contributed by atoms with van der Waals surface area (Å²) in [6, 6.07) is 10.9. The van der Waals surface area contributed by atoms with Crippen LogP contribution < -0.4 is 5.32 Å². The second kappa shape index (κ2) is 4.90. The predicted octanol–water partition coefficient (Wildman–Crippen LogP) is 3.37. The standard InChI is InChI=1S/C14H11FN2O3/c15-12-6-5-10(17(18)19)7-11(12)14-16-13-4-2-1-3-9(13)8-20-14/h1-7,14,16H,8H2. The molecule has 0 bridgehead atoms. The van der Waals surface area contributed by atoms with Crippen molar-refractivity contribution in [2.75, 3.05) is 5.32 Å². The van der Waals surface area contributed by atoms with Gasteiger partial charge in [0.15, 0.2) is 6.23 Å². The number of hydrogen-bond donors (Lipinski definition) is 1. The summed E-state index contributed by atoms with van der Waals surface area (Å²) in [5.74, 6) is -0.535. The van der Waals surface area contributed by atoms with Crippen LogP contribution in [0.25, 0.3) is 0 Å². The fraction of sp³-hybridized carbons (Fsp3) is 0.143. The van der Waals surface area contributed by atoms with Crippen molar-refractivity contribution >= 4 is 11.4 Å². The molecule has 6 heteroatoms. The van der Waals surface area contributed by atoms with E-state index in [9.17, 15) is 14.5 Å². The van der Waals surface area contributed by atoms with Crippen LogP contribution in [0.15, 0.2) is 42.5 Å². The number of anilines is 1. The van der Waals surface area contributed by atoms with Crippen molar-refractivity contribution in [3.05, 3.63) is 69.5 Å². The van der Waals surface area contributed by atoms with Crippen molar-refractivity contribution in [3.63, 3.8) is 0 Å². The van der Waals surface area contributed by atoms with Crippen LogP contribution in [0.2, 0.25) is 0 Å². The number of non-ortho nitro benzene ring substituents is 1. The van der Waals surface area contributed by atoms with Crippen molar-refractivity contribution in [2.45, 2.75) is 12.8 Å². The van der Waals surface area contributed by atoms with Crippen molar-refractivity contribution in [3.8, 4) is 0 Å². The van der Waals surface area contributed by atoms with E-state index >= 15 is 0 Å². The number of nitrogens with zero attached hydrogens (tertiary/aromatic N) is 1. The molecule has 1 aliphatic heterocycles. The number of ether oxygens (including phenoxy) is 1. The molecule has 102 valence electrons. The van der Waals surface area contributed by atoms with E-state index in [0.29, 0.717) is 6.61 Å². The van der Waals surface area contributed by atoms with Crippen LogP contribution in [0.3, 0.4) is 0 Å². The van der Waals surface area contributed by atoms with Crippen molar-refractivity contribution in [2.24, 2.45) is 0 Å². The number of rotatable bonds is 2. The Labute approximate surface area is 114 Å². The van der Waals surface area contributed by atoms with Crippen molar-refractivity contribution in [1.29, 1.82) is 0 Å². The second-order valence-electron chi connectivity index (χ2n) is 4.46. The molecule has 2 aromatic carbocycles. The average Bonchev–Trinajstić information content (AvgIpc) is 2.47. The lowest BCUT2D eigenvalue weighted by atomic mass is 10.1. The van der Waals surface area contributed by atoms with Gasteiger partial charge in [0.1, 0.15) is 5.82 Å². The van der Waals surface area contributed by atoms with E-state index in [0.717, 1.165) is 23.4 Å². The Hall–Kier alpha value is -2.47. The molecule has 20 heavy (non-hydrogen) atoms. The molecule has 0 aliphatic carbocycles. The van der Waals surface area contributed by atoms with E-state index in [4.69, 9.17) is 4.74 Å². The lowest BCUT2D eigenvalue weighted by Gasteiger charge is -2.27. The molecule has 0 radical (unpaired) electrons. The van der Waals surface area contributed by atoms with Gasteiger partial charge in [0.2, 0.25) is 0 Å². The van der Waals surface area contributed by atoms with Crippen LogP contribution in [-0.2, 0) is 11.3 Å². The highest BCUT2D eigenvalue weighted by Gasteiger charge is 2.24. The van der Waals surface area contributed by atoms with E-state index < -0.39 is 17.0 Å². The third-order valence-electron chi connectivity index (χ3n) is 3.18. The highest BCUT2D eigenvalue weighted by atomic mass is 19.1. The van der Waals surface area contributed by atoms with E-state index in [-0.39, 0.29) is 11.3 Å². The summed E-state index contributed by atoms with van der Waals surface area (Å²) >= 11 is 0. The first-order valence-corrected chi connectivity index (χ1v) is 6.05. The largest absolute Gasteiger partial charge is 0.356 e. The number of hydrogen-bond acceptors (Lipinski definition) is 4. The minimum atomic E-state index is -0.732. The molecule has 0 saturated carbocycles. The highest BCUT2D eigenvalue weighted by Crippen LogP contribution is 2.32. The Bertz CT molecular complexity index is 675. The first-order chi connectivity index (χ1) is 9.65. The summed E-state index contributed by atoms with van der Waals surface area (Å²) in [6.45, 7) is 0.329. The number of benzene rings is 2. The smallest absolute Gasteiger partial charge is 0.270 e. The van der Waals surface area contributed by atoms with Gasteiger partial charge in [-0.15, -0.1) is 0 Å². The Morgan fingerprint density at radius 1 is 1.30 bits per heavy atom. The summed E-state index contributed by atoms with van der Waals surface area (Å²) in [5.41, 5.74) is 1.78. The van der Waals surface area contributed by atoms with Gasteiger partial charge in [-0.05, 0) is 12.1 Å². The molecule has 3 rings (SSSR count). The summed E-state index contributed by atoms with van der Waals surface area (Å²) < 4.78 is 19.4. The molecule has 0 spiro atoms. The van der Waals surface area contributed by atoms with Crippen molar-refractivity contribution in [1.82, 2.24) is 0 Å². The zero-order chi connectivity index (χ0) is 14.1. The normalized spacial score (nSPS) is 17.1. The van der Waals surface area contributed by atoms with Gasteiger partial charge in [0, 0.05) is 28.9 Å². The monoisotopic (exact) mass is 274 g/mol. The molecule has 2 aromatic rings. The quantitative estimate of drug-likeness (QED) is 0.673. The van der Waals surface area contributed by atoms with Gasteiger partial charge in [-0.1, -0.05) is 18.2 Å². The van der Waals surface area contributed by atoms with Gasteiger partial charge in [-0.25, -0.2) is 4.39 Å². The highest BCUT2D eigenvalue weighted by molar-refractivity contribution is 5.54. The third-order valence-corrected chi connectivity index (χ3v) is 3.18. The van der Waals surface area contributed by atoms with E-state index in [1.165, 1.54) is 6.07 Å². The zero-order valence-electron chi connectivity index (χ0n) is 10.4. The van der Waals surface area contributed by atoms with Crippen LogP contribution in [0.4, 0.5) is 15.8 Å². The molecule has 1 unspecified atom stereocenters. The molecule has 0 fully saturated rings. The molecular formula is C14H11FN2O3. The summed E-state index contributed by atoms with van der Waals surface area (Å²) in [5, 5.41) is 13.8. The Balaban J connectivity index is 1.95. The zero-order valence-corrected chi connectivity index (χ0v) is 10.4. The Kier molecular flexibility index (Phi) is 3.08. The molecule has 5 nitrogen and oxygen atoms in total. The Morgan fingerprint density at radius 3 is 2.90 bits per heavy atom. The Morgan fingerprint density at radius 2 is 2.10 bits per heavy atom. The minimum Gasteiger partial charge on any atom is -0.356 e. The van der Waals surface area contributed by atoms with Crippen LogP contribution in [0.1, 0.15) is 17.4 Å². The molecule has 1 aliphatic rings. The number of nitrogens with one attached hydrogen (secondary N) is 1. The lowest BCUT2D eigenvalue weighted by molar-refractivity contribution is -0.385. The summed E-state index contributed by atoms with van der Waals surface area (Å²) in [6.07, 6.45) is -0.732. The van der Waals surface area contributed by atoms with E-state index in [2.05, 4.69) is 5.32 Å². The molecule has 1 atom stereocenters. The summed E-state index contributed by atoms with van der Waals surface area (Å²) in [7, 11) is 0. The first-order valence-electron chi connectivity index (χ1n) is 6.05. The van der Waals surface area contributed by atoms with E-state index in [1.807, 2.05) is 24.3 Å². The maximum atomic E-state index is 13.9. The third kappa shape index (κ3) is 2.21. The fourth-order valence-corrected chi connectivity index (χ4v) is 2.16. The molecule has 1 N–H and O–H groups in total.